The molecule has 0 aromatic carbocycles. The fourth-order valence-electron chi connectivity index (χ4n) is 1.56. The number of esters is 2. The molecule has 0 aromatic heterocycles. The van der Waals surface area contributed by atoms with Crippen molar-refractivity contribution >= 4 is 19.1 Å². The second-order valence-corrected chi connectivity index (χ2v) is 3.57. The highest BCUT2D eigenvalue weighted by atomic mass is 16.7. The van der Waals surface area contributed by atoms with E-state index in [0.717, 1.165) is 0 Å². The van der Waals surface area contributed by atoms with Crippen LogP contribution in [-0.2, 0) is 28.4 Å². The van der Waals surface area contributed by atoms with E-state index in [-0.39, 0.29) is 13.2 Å². The van der Waals surface area contributed by atoms with Crippen LogP contribution in [0.1, 0.15) is 13.8 Å². The second-order valence-electron chi connectivity index (χ2n) is 3.57. The minimum absolute atomic E-state index is 0.209. The zero-order valence-electron chi connectivity index (χ0n) is 10.6. The lowest BCUT2D eigenvalue weighted by Crippen LogP contribution is -2.39. The van der Waals surface area contributed by atoms with Gasteiger partial charge in [-0.3, -0.25) is 0 Å². The molecule has 7 heteroatoms. The second kappa shape index (κ2) is 7.18. The smallest absolute Gasteiger partial charge is 0.462 e. The van der Waals surface area contributed by atoms with E-state index in [1.807, 2.05) is 0 Å². The molecule has 1 rings (SSSR count). The molecule has 0 unspecified atom stereocenters. The van der Waals surface area contributed by atoms with Crippen LogP contribution in [0.2, 0.25) is 6.32 Å². The quantitative estimate of drug-likeness (QED) is 0.393. The third kappa shape index (κ3) is 3.58. The average Bonchev–Trinajstić information content (AvgIpc) is 2.74. The summed E-state index contributed by atoms with van der Waals surface area (Å²) in [6.45, 7) is 7.31. The topological polar surface area (TPSA) is 71.1 Å². The minimum atomic E-state index is -1.08. The lowest BCUT2D eigenvalue weighted by Gasteiger charge is -2.15. The van der Waals surface area contributed by atoms with Gasteiger partial charge in [0.1, 0.15) is 0 Å². The Kier molecular flexibility index (Phi) is 5.87. The fraction of sp³-hybridized carbons (Fsp3) is 0.636. The molecule has 1 fully saturated rings. The fourth-order valence-corrected chi connectivity index (χ4v) is 1.56. The number of hydrogen-bond donors (Lipinski definition) is 0. The van der Waals surface area contributed by atoms with Crippen molar-refractivity contribution in [1.82, 2.24) is 0 Å². The highest BCUT2D eigenvalue weighted by molar-refractivity contribution is 6.46. The Morgan fingerprint density at radius 3 is 1.94 bits per heavy atom. The minimum Gasteiger partial charge on any atom is -0.464 e. The van der Waals surface area contributed by atoms with Crippen LogP contribution >= 0.6 is 0 Å². The van der Waals surface area contributed by atoms with Crippen molar-refractivity contribution in [3.05, 3.63) is 12.7 Å². The zero-order chi connectivity index (χ0) is 13.5. The van der Waals surface area contributed by atoms with Gasteiger partial charge in [-0.15, -0.1) is 6.58 Å². The summed E-state index contributed by atoms with van der Waals surface area (Å²) >= 11 is 0. The standard InChI is InChI=1S/C11H17BO6/c1-4-7-12-17-8(10(13)15-5-2)9(18-12)11(14)16-6-3/h4,8-9H,1,5-7H2,2-3H3/t8-,9-/m0/s1. The molecule has 100 valence electrons. The van der Waals surface area contributed by atoms with Crippen molar-refractivity contribution in [3.63, 3.8) is 0 Å². The van der Waals surface area contributed by atoms with Gasteiger partial charge in [-0.1, -0.05) is 6.08 Å². The van der Waals surface area contributed by atoms with Crippen LogP contribution < -0.4 is 0 Å². The summed E-state index contributed by atoms with van der Waals surface area (Å²) in [7, 11) is -0.675. The van der Waals surface area contributed by atoms with Gasteiger partial charge < -0.3 is 18.8 Å². The molecular weight excluding hydrogens is 239 g/mol. The van der Waals surface area contributed by atoms with Gasteiger partial charge in [-0.05, 0) is 13.8 Å². The first kappa shape index (κ1) is 14.7. The average molecular weight is 256 g/mol. The first-order valence-electron chi connectivity index (χ1n) is 5.89. The summed E-state index contributed by atoms with van der Waals surface area (Å²) in [4.78, 5) is 23.3. The van der Waals surface area contributed by atoms with Crippen LogP contribution in [0.3, 0.4) is 0 Å². The molecule has 6 nitrogen and oxygen atoms in total. The van der Waals surface area contributed by atoms with Crippen LogP contribution in [0.4, 0.5) is 0 Å². The number of rotatable bonds is 6. The molecule has 1 saturated heterocycles. The van der Waals surface area contributed by atoms with E-state index in [9.17, 15) is 9.59 Å². The number of allylic oxidation sites excluding steroid dienone is 1. The Hall–Kier alpha value is -1.34. The van der Waals surface area contributed by atoms with Gasteiger partial charge in [-0.2, -0.15) is 0 Å². The summed E-state index contributed by atoms with van der Waals surface area (Å²) in [6.07, 6.45) is -0.186. The van der Waals surface area contributed by atoms with E-state index in [1.54, 1.807) is 19.9 Å². The highest BCUT2D eigenvalue weighted by Crippen LogP contribution is 2.21. The Morgan fingerprint density at radius 2 is 1.61 bits per heavy atom. The normalized spacial score (nSPS) is 22.7. The summed E-state index contributed by atoms with van der Waals surface area (Å²) < 4.78 is 20.3. The first-order chi connectivity index (χ1) is 8.63. The van der Waals surface area contributed by atoms with Gasteiger partial charge in [0.05, 0.1) is 13.2 Å². The predicted molar refractivity (Wildman–Crippen MR) is 63.8 cm³/mol. The molecule has 0 spiro atoms. The zero-order valence-corrected chi connectivity index (χ0v) is 10.6. The van der Waals surface area contributed by atoms with Gasteiger partial charge >= 0.3 is 19.1 Å². The van der Waals surface area contributed by atoms with E-state index in [2.05, 4.69) is 6.58 Å². The van der Waals surface area contributed by atoms with Crippen molar-refractivity contribution in [2.45, 2.75) is 32.4 Å². The Labute approximate surface area is 106 Å². The van der Waals surface area contributed by atoms with Crippen LogP contribution in [-0.4, -0.2) is 44.5 Å². The number of ether oxygens (including phenoxy) is 2. The molecule has 0 aliphatic carbocycles. The SMILES string of the molecule is C=CCB1O[C@H](C(=O)OCC)[C@@H](C(=O)OCC)O1. The van der Waals surface area contributed by atoms with Crippen molar-refractivity contribution in [3.8, 4) is 0 Å². The lowest BCUT2D eigenvalue weighted by atomic mass is 9.85. The van der Waals surface area contributed by atoms with E-state index in [0.29, 0.717) is 6.32 Å². The van der Waals surface area contributed by atoms with Crippen molar-refractivity contribution in [2.24, 2.45) is 0 Å². The maximum absolute atomic E-state index is 11.7. The largest absolute Gasteiger partial charge is 0.464 e. The maximum atomic E-state index is 11.7. The van der Waals surface area contributed by atoms with Crippen LogP contribution in [0.25, 0.3) is 0 Å². The van der Waals surface area contributed by atoms with Crippen molar-refractivity contribution in [2.75, 3.05) is 13.2 Å². The number of hydrogen-bond acceptors (Lipinski definition) is 6. The summed E-state index contributed by atoms with van der Waals surface area (Å²) in [5, 5.41) is 0. The van der Waals surface area contributed by atoms with E-state index < -0.39 is 31.3 Å². The maximum Gasteiger partial charge on any atom is 0.462 e. The van der Waals surface area contributed by atoms with Crippen molar-refractivity contribution in [1.29, 1.82) is 0 Å². The molecular formula is C11H17BO6. The molecule has 0 amide bonds. The molecule has 0 bridgehead atoms. The van der Waals surface area contributed by atoms with E-state index >= 15 is 0 Å². The monoisotopic (exact) mass is 256 g/mol. The van der Waals surface area contributed by atoms with Gasteiger partial charge in [-0.25, -0.2) is 9.59 Å². The van der Waals surface area contributed by atoms with Gasteiger partial charge in [0.25, 0.3) is 0 Å². The predicted octanol–water partition coefficient (Wildman–Crippen LogP) is 0.571. The molecule has 2 atom stereocenters. The van der Waals surface area contributed by atoms with Gasteiger partial charge in [0.2, 0.25) is 0 Å². The molecule has 0 radical (unpaired) electrons. The molecule has 0 aromatic rings. The van der Waals surface area contributed by atoms with Crippen LogP contribution in [0, 0.1) is 0 Å². The number of carbonyl (C=O) groups excluding carboxylic acids is 2. The molecule has 1 aliphatic rings. The highest BCUT2D eigenvalue weighted by Gasteiger charge is 2.48. The molecule has 18 heavy (non-hydrogen) atoms. The van der Waals surface area contributed by atoms with Crippen LogP contribution in [0.15, 0.2) is 12.7 Å². The summed E-state index contributed by atoms with van der Waals surface area (Å²) in [5.41, 5.74) is 0. The van der Waals surface area contributed by atoms with Gasteiger partial charge in [0.15, 0.2) is 12.2 Å². The Balaban J connectivity index is 2.72. The molecule has 0 N–H and O–H groups in total. The third-order valence-electron chi connectivity index (χ3n) is 2.27. The van der Waals surface area contributed by atoms with E-state index in [4.69, 9.17) is 18.8 Å². The number of carbonyl (C=O) groups is 2. The van der Waals surface area contributed by atoms with Crippen LogP contribution in [0.5, 0.6) is 0 Å². The third-order valence-corrected chi connectivity index (χ3v) is 2.27. The first-order valence-corrected chi connectivity index (χ1v) is 5.89. The van der Waals surface area contributed by atoms with Crippen molar-refractivity contribution < 1.29 is 28.4 Å². The summed E-state index contributed by atoms with van der Waals surface area (Å²) in [5.74, 6) is -1.25. The molecule has 0 saturated carbocycles. The molecule has 1 heterocycles. The Bertz CT molecular complexity index is 293. The van der Waals surface area contributed by atoms with E-state index in [1.165, 1.54) is 0 Å². The Morgan fingerprint density at radius 1 is 1.17 bits per heavy atom. The lowest BCUT2D eigenvalue weighted by molar-refractivity contribution is -0.163. The summed E-state index contributed by atoms with van der Waals surface area (Å²) in [6, 6.07) is 0. The van der Waals surface area contributed by atoms with Gasteiger partial charge in [0, 0.05) is 6.32 Å². The molecule has 1 aliphatic heterocycles.